The summed E-state index contributed by atoms with van der Waals surface area (Å²) in [5.74, 6) is -1.48. The molecule has 34 heavy (non-hydrogen) atoms. The Morgan fingerprint density at radius 1 is 0.971 bits per heavy atom. The predicted octanol–water partition coefficient (Wildman–Crippen LogP) is 4.55. The summed E-state index contributed by atoms with van der Waals surface area (Å²) in [5.41, 5.74) is 3.40. The van der Waals surface area contributed by atoms with Gasteiger partial charge in [0.15, 0.2) is 0 Å². The zero-order valence-corrected chi connectivity index (χ0v) is 19.9. The molecule has 174 valence electrons. The zero-order chi connectivity index (χ0) is 24.3. The van der Waals surface area contributed by atoms with E-state index >= 15 is 0 Å². The first-order valence-corrected chi connectivity index (χ1v) is 11.2. The number of benzene rings is 3. The van der Waals surface area contributed by atoms with Crippen LogP contribution in [0, 0.1) is 0 Å². The van der Waals surface area contributed by atoms with Gasteiger partial charge in [0, 0.05) is 15.7 Å². The lowest BCUT2D eigenvalue weighted by atomic mass is 10.2. The minimum atomic E-state index is -0.945. The molecule has 3 aromatic carbocycles. The smallest absolute Gasteiger partial charge is 0.343 e. The molecule has 3 rings (SSSR count). The van der Waals surface area contributed by atoms with Crippen LogP contribution in [0.3, 0.4) is 0 Å². The van der Waals surface area contributed by atoms with Crippen LogP contribution in [0.2, 0.25) is 0 Å². The highest BCUT2D eigenvalue weighted by Crippen LogP contribution is 2.23. The zero-order valence-electron chi connectivity index (χ0n) is 18.3. The molecule has 0 spiro atoms. The number of carbonyl (C=O) groups is 3. The van der Waals surface area contributed by atoms with Crippen LogP contribution in [0.1, 0.15) is 29.3 Å². The average Bonchev–Trinajstić information content (AvgIpc) is 2.85. The Kier molecular flexibility index (Phi) is 8.93. The van der Waals surface area contributed by atoms with Crippen molar-refractivity contribution in [3.05, 3.63) is 88.4 Å². The Bertz CT molecular complexity index is 1180. The van der Waals surface area contributed by atoms with Crippen LogP contribution in [0.15, 0.2) is 82.4 Å². The quantitative estimate of drug-likeness (QED) is 0.148. The normalized spacial score (nSPS) is 10.5. The lowest BCUT2D eigenvalue weighted by Gasteiger charge is -2.09. The van der Waals surface area contributed by atoms with E-state index in [0.717, 1.165) is 6.42 Å². The molecular formula is C25H22BrN3O5. The first-order valence-electron chi connectivity index (χ1n) is 10.4. The summed E-state index contributed by atoms with van der Waals surface area (Å²) >= 11 is 3.35. The third kappa shape index (κ3) is 7.28. The van der Waals surface area contributed by atoms with E-state index in [1.54, 1.807) is 72.8 Å². The van der Waals surface area contributed by atoms with Crippen molar-refractivity contribution in [2.24, 2.45) is 5.10 Å². The molecule has 8 nitrogen and oxygen atoms in total. The number of anilines is 1. The fourth-order valence-electron chi connectivity index (χ4n) is 2.70. The van der Waals surface area contributed by atoms with E-state index in [1.165, 1.54) is 6.21 Å². The van der Waals surface area contributed by atoms with Gasteiger partial charge in [-0.2, -0.15) is 5.10 Å². The van der Waals surface area contributed by atoms with E-state index in [9.17, 15) is 14.4 Å². The van der Waals surface area contributed by atoms with E-state index in [2.05, 4.69) is 31.8 Å². The number of hydrogen-bond donors (Lipinski definition) is 2. The molecule has 2 amide bonds. The number of nitrogens with one attached hydrogen (secondary N) is 2. The van der Waals surface area contributed by atoms with Crippen LogP contribution in [0.25, 0.3) is 0 Å². The van der Waals surface area contributed by atoms with Crippen LogP contribution < -0.4 is 20.2 Å². The molecule has 3 aromatic rings. The summed E-state index contributed by atoms with van der Waals surface area (Å²) in [5, 5.41) is 6.27. The molecule has 0 fully saturated rings. The summed E-state index contributed by atoms with van der Waals surface area (Å²) in [4.78, 5) is 36.6. The topological polar surface area (TPSA) is 106 Å². The average molecular weight is 524 g/mol. The first kappa shape index (κ1) is 24.7. The lowest BCUT2D eigenvalue weighted by Crippen LogP contribution is -2.32. The van der Waals surface area contributed by atoms with Gasteiger partial charge in [-0.3, -0.25) is 9.59 Å². The summed E-state index contributed by atoms with van der Waals surface area (Å²) in [6.07, 6.45) is 2.17. The van der Waals surface area contributed by atoms with Crippen molar-refractivity contribution in [2.45, 2.75) is 13.3 Å². The molecule has 0 unspecified atom stereocenters. The monoisotopic (exact) mass is 523 g/mol. The van der Waals surface area contributed by atoms with Gasteiger partial charge in [-0.1, -0.05) is 41.1 Å². The molecule has 0 saturated carbocycles. The summed E-state index contributed by atoms with van der Waals surface area (Å²) in [7, 11) is 0. The van der Waals surface area contributed by atoms with E-state index in [4.69, 9.17) is 9.47 Å². The van der Waals surface area contributed by atoms with Gasteiger partial charge in [0.2, 0.25) is 0 Å². The van der Waals surface area contributed by atoms with Crippen LogP contribution in [-0.4, -0.2) is 30.6 Å². The molecule has 0 radical (unpaired) electrons. The van der Waals surface area contributed by atoms with E-state index in [1.807, 2.05) is 6.92 Å². The Morgan fingerprint density at radius 2 is 1.71 bits per heavy atom. The van der Waals surface area contributed by atoms with E-state index in [0.29, 0.717) is 33.6 Å². The molecular weight excluding hydrogens is 502 g/mol. The number of halogens is 1. The van der Waals surface area contributed by atoms with Crippen molar-refractivity contribution < 1.29 is 23.9 Å². The van der Waals surface area contributed by atoms with Gasteiger partial charge < -0.3 is 14.8 Å². The van der Waals surface area contributed by atoms with Crippen molar-refractivity contribution in [3.8, 4) is 11.5 Å². The van der Waals surface area contributed by atoms with Crippen LogP contribution in [-0.2, 0) is 9.59 Å². The van der Waals surface area contributed by atoms with Crippen molar-refractivity contribution in [2.75, 3.05) is 11.9 Å². The predicted molar refractivity (Wildman–Crippen MR) is 132 cm³/mol. The first-order chi connectivity index (χ1) is 16.5. The second-order valence-electron chi connectivity index (χ2n) is 6.96. The highest BCUT2D eigenvalue weighted by atomic mass is 79.9. The summed E-state index contributed by atoms with van der Waals surface area (Å²) in [6.45, 7) is 2.60. The van der Waals surface area contributed by atoms with Gasteiger partial charge in [0.05, 0.1) is 18.4 Å². The highest BCUT2D eigenvalue weighted by Gasteiger charge is 2.14. The number of nitrogens with zero attached hydrogens (tertiary/aromatic N) is 1. The van der Waals surface area contributed by atoms with Gasteiger partial charge in [-0.15, -0.1) is 0 Å². The van der Waals surface area contributed by atoms with Crippen LogP contribution in [0.5, 0.6) is 11.5 Å². The largest absolute Gasteiger partial charge is 0.494 e. The molecule has 9 heteroatoms. The Morgan fingerprint density at radius 3 is 2.41 bits per heavy atom. The number of ether oxygens (including phenoxy) is 2. The van der Waals surface area contributed by atoms with Crippen molar-refractivity contribution in [1.29, 1.82) is 0 Å². The molecule has 0 bridgehead atoms. The van der Waals surface area contributed by atoms with Crippen LogP contribution >= 0.6 is 15.9 Å². The molecule has 0 heterocycles. The van der Waals surface area contributed by atoms with Crippen LogP contribution in [0.4, 0.5) is 5.69 Å². The number of rotatable bonds is 8. The molecule has 0 aliphatic heterocycles. The van der Waals surface area contributed by atoms with Gasteiger partial charge in [0.1, 0.15) is 11.5 Å². The third-order valence-electron chi connectivity index (χ3n) is 4.34. The second-order valence-corrected chi connectivity index (χ2v) is 7.88. The number of hydrazone groups is 1. The van der Waals surface area contributed by atoms with Crippen molar-refractivity contribution in [3.63, 3.8) is 0 Å². The van der Waals surface area contributed by atoms with Crippen molar-refractivity contribution >= 4 is 45.6 Å². The molecule has 2 N–H and O–H groups in total. The number of esters is 1. The molecule has 0 aliphatic rings. The second kappa shape index (κ2) is 12.3. The summed E-state index contributed by atoms with van der Waals surface area (Å²) in [6, 6.07) is 20.1. The fourth-order valence-corrected chi connectivity index (χ4v) is 3.08. The van der Waals surface area contributed by atoms with E-state index in [-0.39, 0.29) is 5.75 Å². The molecule has 0 saturated heterocycles. The van der Waals surface area contributed by atoms with Crippen molar-refractivity contribution in [1.82, 2.24) is 5.43 Å². The number of para-hydroxylation sites is 1. The highest BCUT2D eigenvalue weighted by molar-refractivity contribution is 9.10. The SMILES string of the molecule is CCCOc1ccc(C(=O)Oc2ccc(Br)cc2/C=N/NC(=O)C(=O)Nc2ccccc2)cc1. The van der Waals surface area contributed by atoms with Gasteiger partial charge in [-0.25, -0.2) is 10.2 Å². The summed E-state index contributed by atoms with van der Waals surface area (Å²) < 4.78 is 11.7. The third-order valence-corrected chi connectivity index (χ3v) is 4.84. The number of hydrogen-bond acceptors (Lipinski definition) is 6. The van der Waals surface area contributed by atoms with Gasteiger partial charge >= 0.3 is 17.8 Å². The standard InChI is InChI=1S/C25H22BrN3O5/c1-2-14-33-21-11-8-17(9-12-21)25(32)34-22-13-10-19(26)15-18(22)16-27-29-24(31)23(30)28-20-6-4-3-5-7-20/h3-13,15-16H,2,14H2,1H3,(H,28,30)(H,29,31)/b27-16+. The molecule has 0 atom stereocenters. The maximum atomic E-state index is 12.6. The number of carbonyl (C=O) groups excluding carboxylic acids is 3. The van der Waals surface area contributed by atoms with E-state index < -0.39 is 17.8 Å². The Hall–Kier alpha value is -3.98. The Balaban J connectivity index is 1.63. The molecule has 0 aliphatic carbocycles. The maximum Gasteiger partial charge on any atom is 0.343 e. The van der Waals surface area contributed by atoms with Gasteiger partial charge in [-0.05, 0) is 61.0 Å². The fraction of sp³-hybridized carbons (Fsp3) is 0.120. The minimum Gasteiger partial charge on any atom is -0.494 e. The molecule has 0 aromatic heterocycles. The number of amides is 2. The Labute approximate surface area is 205 Å². The minimum absolute atomic E-state index is 0.228. The lowest BCUT2D eigenvalue weighted by molar-refractivity contribution is -0.136. The van der Waals surface area contributed by atoms with Gasteiger partial charge in [0.25, 0.3) is 0 Å². The maximum absolute atomic E-state index is 12.6.